The van der Waals surface area contributed by atoms with Crippen LogP contribution < -0.4 is 5.32 Å². The predicted molar refractivity (Wildman–Crippen MR) is 36.5 cm³/mol. The van der Waals surface area contributed by atoms with Gasteiger partial charge in [-0.15, -0.1) is 0 Å². The molecule has 0 aromatic rings. The fourth-order valence-electron chi connectivity index (χ4n) is 0.278. The third-order valence-electron chi connectivity index (χ3n) is 0.637. The van der Waals surface area contributed by atoms with Gasteiger partial charge in [0, 0.05) is 6.54 Å². The summed E-state index contributed by atoms with van der Waals surface area (Å²) in [5.41, 5.74) is 0. The van der Waals surface area contributed by atoms with E-state index in [9.17, 15) is 0 Å². The van der Waals surface area contributed by atoms with Gasteiger partial charge in [-0.05, 0) is 18.6 Å². The highest BCUT2D eigenvalue weighted by Crippen LogP contribution is 1.71. The highest BCUT2D eigenvalue weighted by molar-refractivity contribution is 7.80. The lowest BCUT2D eigenvalue weighted by Crippen LogP contribution is -2.19. The maximum absolute atomic E-state index is 8.11. The lowest BCUT2D eigenvalue weighted by molar-refractivity contribution is 0.851. The molecule has 0 saturated heterocycles. The van der Waals surface area contributed by atoms with Gasteiger partial charge in [0.1, 0.15) is 6.07 Å². The zero-order chi connectivity index (χ0) is 6.41. The Labute approximate surface area is 54.5 Å². The molecule has 0 radical (unpaired) electrons. The minimum absolute atomic E-state index is 0.284. The monoisotopic (exact) mass is 128 g/mol. The summed E-state index contributed by atoms with van der Waals surface area (Å²) < 4.78 is 0. The fourth-order valence-corrected chi connectivity index (χ4v) is 0.380. The Morgan fingerprint density at radius 1 is 1.88 bits per heavy atom. The summed E-state index contributed by atoms with van der Waals surface area (Å²) in [5, 5.41) is 10.9. The number of hydrogen-bond acceptors (Lipinski definition) is 2. The van der Waals surface area contributed by atoms with Crippen LogP contribution in [0.25, 0.3) is 0 Å². The number of nitrogens with zero attached hydrogens (tertiary/aromatic N) is 1. The Morgan fingerprint density at radius 3 is 2.88 bits per heavy atom. The summed E-state index contributed by atoms with van der Waals surface area (Å²) in [7, 11) is 0. The molecule has 0 unspecified atom stereocenters. The summed E-state index contributed by atoms with van der Waals surface area (Å²) in [6, 6.07) is 1.82. The van der Waals surface area contributed by atoms with Crippen molar-refractivity contribution < 1.29 is 0 Å². The van der Waals surface area contributed by atoms with Gasteiger partial charge in [0.15, 0.2) is 4.99 Å². The van der Waals surface area contributed by atoms with Crippen molar-refractivity contribution in [3.05, 3.63) is 0 Å². The molecule has 0 saturated carbocycles. The van der Waals surface area contributed by atoms with Crippen LogP contribution in [0.5, 0.6) is 0 Å². The van der Waals surface area contributed by atoms with Crippen LogP contribution in [0.2, 0.25) is 0 Å². The molecule has 2 nitrogen and oxygen atoms in total. The minimum Gasteiger partial charge on any atom is -0.368 e. The van der Waals surface area contributed by atoms with Crippen LogP contribution in [-0.2, 0) is 0 Å². The third-order valence-corrected chi connectivity index (χ3v) is 0.873. The van der Waals surface area contributed by atoms with E-state index in [0.29, 0.717) is 0 Å². The number of hydrogen-bond donors (Lipinski definition) is 1. The van der Waals surface area contributed by atoms with Crippen LogP contribution in [-0.4, -0.2) is 11.5 Å². The first kappa shape index (κ1) is 7.38. The van der Waals surface area contributed by atoms with Gasteiger partial charge >= 0.3 is 0 Å². The van der Waals surface area contributed by atoms with E-state index in [1.807, 2.05) is 13.0 Å². The molecule has 0 aliphatic rings. The van der Waals surface area contributed by atoms with Crippen molar-refractivity contribution in [2.45, 2.75) is 13.3 Å². The van der Waals surface area contributed by atoms with Gasteiger partial charge in [-0.1, -0.05) is 6.92 Å². The molecule has 1 N–H and O–H groups in total. The molecular weight excluding hydrogens is 120 g/mol. The van der Waals surface area contributed by atoms with Gasteiger partial charge in [0.2, 0.25) is 0 Å². The van der Waals surface area contributed by atoms with Gasteiger partial charge in [0.25, 0.3) is 0 Å². The molecule has 0 amide bonds. The average molecular weight is 128 g/mol. The van der Waals surface area contributed by atoms with Crippen molar-refractivity contribution in [2.75, 3.05) is 6.54 Å². The standard InChI is InChI=1S/C5H8N2S/c1-2-3-7-5(8)4-6/h2-3H2,1H3,(H,7,8). The second kappa shape index (κ2) is 4.54. The van der Waals surface area contributed by atoms with Crippen LogP contribution in [0.15, 0.2) is 0 Å². The van der Waals surface area contributed by atoms with E-state index in [1.54, 1.807) is 0 Å². The Morgan fingerprint density at radius 2 is 2.50 bits per heavy atom. The molecule has 0 aromatic heterocycles. The topological polar surface area (TPSA) is 35.8 Å². The molecular formula is C5H8N2S. The van der Waals surface area contributed by atoms with Gasteiger partial charge in [0.05, 0.1) is 0 Å². The van der Waals surface area contributed by atoms with Crippen molar-refractivity contribution in [1.29, 1.82) is 5.26 Å². The summed E-state index contributed by atoms with van der Waals surface area (Å²) in [6.45, 7) is 2.82. The largest absolute Gasteiger partial charge is 0.368 e. The van der Waals surface area contributed by atoms with E-state index >= 15 is 0 Å². The second-order valence-corrected chi connectivity index (χ2v) is 1.78. The maximum atomic E-state index is 8.11. The lowest BCUT2D eigenvalue weighted by Gasteiger charge is -1.94. The first-order valence-corrected chi connectivity index (χ1v) is 2.90. The molecule has 3 heteroatoms. The first-order chi connectivity index (χ1) is 3.81. The van der Waals surface area contributed by atoms with E-state index in [1.165, 1.54) is 0 Å². The van der Waals surface area contributed by atoms with Crippen molar-refractivity contribution >= 4 is 17.2 Å². The van der Waals surface area contributed by atoms with Crippen molar-refractivity contribution in [3.63, 3.8) is 0 Å². The lowest BCUT2D eigenvalue weighted by atomic mass is 10.5. The minimum atomic E-state index is 0.284. The van der Waals surface area contributed by atoms with Crippen LogP contribution >= 0.6 is 12.2 Å². The Kier molecular flexibility index (Phi) is 4.19. The van der Waals surface area contributed by atoms with Gasteiger partial charge in [-0.3, -0.25) is 0 Å². The number of thiocarbonyl (C=S) groups is 1. The van der Waals surface area contributed by atoms with Crippen molar-refractivity contribution in [2.24, 2.45) is 0 Å². The molecule has 0 aliphatic carbocycles. The Bertz CT molecular complexity index is 114. The van der Waals surface area contributed by atoms with E-state index < -0.39 is 0 Å². The fraction of sp³-hybridized carbons (Fsp3) is 0.600. The number of nitrogens with one attached hydrogen (secondary N) is 1. The summed E-state index contributed by atoms with van der Waals surface area (Å²) in [4.78, 5) is 0.284. The highest BCUT2D eigenvalue weighted by Gasteiger charge is 1.85. The molecule has 0 heterocycles. The average Bonchev–Trinajstić information content (AvgIpc) is 1.83. The van der Waals surface area contributed by atoms with Crippen molar-refractivity contribution in [1.82, 2.24) is 5.32 Å². The van der Waals surface area contributed by atoms with Gasteiger partial charge in [-0.2, -0.15) is 5.26 Å². The summed E-state index contributed by atoms with van der Waals surface area (Å²) >= 11 is 4.55. The molecule has 0 atom stereocenters. The Balaban J connectivity index is 3.16. The van der Waals surface area contributed by atoms with E-state index in [0.717, 1.165) is 13.0 Å². The van der Waals surface area contributed by atoms with Crippen LogP contribution in [0.4, 0.5) is 0 Å². The predicted octanol–water partition coefficient (Wildman–Crippen LogP) is 0.837. The normalized spacial score (nSPS) is 7.50. The SMILES string of the molecule is CCCNC(=S)C#N. The smallest absolute Gasteiger partial charge is 0.178 e. The van der Waals surface area contributed by atoms with Crippen LogP contribution in [0.3, 0.4) is 0 Å². The van der Waals surface area contributed by atoms with Crippen LogP contribution in [0.1, 0.15) is 13.3 Å². The zero-order valence-electron chi connectivity index (χ0n) is 4.77. The van der Waals surface area contributed by atoms with Gasteiger partial charge < -0.3 is 5.32 Å². The first-order valence-electron chi connectivity index (χ1n) is 2.49. The second-order valence-electron chi connectivity index (χ2n) is 1.37. The molecule has 0 aliphatic heterocycles. The summed E-state index contributed by atoms with van der Waals surface area (Å²) in [5.74, 6) is 0. The highest BCUT2D eigenvalue weighted by atomic mass is 32.1. The van der Waals surface area contributed by atoms with Crippen LogP contribution in [0, 0.1) is 11.3 Å². The summed E-state index contributed by atoms with van der Waals surface area (Å²) in [6.07, 6.45) is 1.00. The van der Waals surface area contributed by atoms with E-state index in [-0.39, 0.29) is 4.99 Å². The maximum Gasteiger partial charge on any atom is 0.178 e. The van der Waals surface area contributed by atoms with Gasteiger partial charge in [-0.25, -0.2) is 0 Å². The molecule has 0 aromatic carbocycles. The molecule has 0 bridgehead atoms. The quantitative estimate of drug-likeness (QED) is 0.560. The molecule has 0 rings (SSSR count). The van der Waals surface area contributed by atoms with Crippen molar-refractivity contribution in [3.8, 4) is 6.07 Å². The number of rotatable bonds is 2. The third kappa shape index (κ3) is 3.57. The number of nitriles is 1. The molecule has 44 valence electrons. The molecule has 8 heavy (non-hydrogen) atoms. The molecule has 0 fully saturated rings. The Hall–Kier alpha value is -0.620. The molecule has 0 spiro atoms. The van der Waals surface area contributed by atoms with E-state index in [4.69, 9.17) is 5.26 Å². The zero-order valence-corrected chi connectivity index (χ0v) is 5.59. The van der Waals surface area contributed by atoms with E-state index in [2.05, 4.69) is 17.5 Å².